The van der Waals surface area contributed by atoms with Crippen LogP contribution in [0.25, 0.3) is 0 Å². The summed E-state index contributed by atoms with van der Waals surface area (Å²) in [5.41, 5.74) is 0. The highest BCUT2D eigenvalue weighted by atomic mass is 32.2. The third-order valence-corrected chi connectivity index (χ3v) is 4.10. The van der Waals surface area contributed by atoms with Crippen molar-refractivity contribution in [3.8, 4) is 0 Å². The quantitative estimate of drug-likeness (QED) is 0.723. The number of nitrogens with zero attached hydrogens (tertiary/aromatic N) is 1. The Morgan fingerprint density at radius 3 is 2.50 bits per heavy atom. The van der Waals surface area contributed by atoms with Gasteiger partial charge in [0.1, 0.15) is 0 Å². The highest BCUT2D eigenvalue weighted by Gasteiger charge is 2.39. The van der Waals surface area contributed by atoms with Gasteiger partial charge in [0.2, 0.25) is 5.91 Å². The molecule has 0 aliphatic carbocycles. The van der Waals surface area contributed by atoms with E-state index in [1.54, 1.807) is 0 Å². The summed E-state index contributed by atoms with van der Waals surface area (Å²) in [7, 11) is 0. The summed E-state index contributed by atoms with van der Waals surface area (Å²) in [4.78, 5) is 14.5. The van der Waals surface area contributed by atoms with Gasteiger partial charge in [0, 0.05) is 6.54 Å². The van der Waals surface area contributed by atoms with E-state index in [9.17, 15) is 4.79 Å². The summed E-state index contributed by atoms with van der Waals surface area (Å²) >= 11 is 1.85. The molecule has 2 unspecified atom stereocenters. The van der Waals surface area contributed by atoms with Crippen LogP contribution in [0.2, 0.25) is 0 Å². The minimum atomic E-state index is 0.0167. The Morgan fingerprint density at radius 2 is 2.00 bits per heavy atom. The van der Waals surface area contributed by atoms with Gasteiger partial charge in [0.25, 0.3) is 0 Å². The zero-order chi connectivity index (χ0) is 13.7. The van der Waals surface area contributed by atoms with Crippen LogP contribution in [0.1, 0.15) is 40.5 Å². The van der Waals surface area contributed by atoms with Gasteiger partial charge < -0.3 is 4.90 Å². The normalized spacial score (nSPS) is 24.6. The monoisotopic (exact) mass is 272 g/mol. The molecule has 2 atom stereocenters. The molecule has 0 radical (unpaired) electrons. The number of hydrogen-bond acceptors (Lipinski definition) is 3. The Labute approximate surface area is 116 Å². The molecule has 1 aliphatic rings. The Kier molecular flexibility index (Phi) is 6.50. The van der Waals surface area contributed by atoms with Crippen LogP contribution in [0, 0.1) is 11.8 Å². The maximum atomic E-state index is 12.4. The molecule has 1 rings (SSSR count). The first-order valence-corrected chi connectivity index (χ1v) is 8.42. The lowest BCUT2D eigenvalue weighted by Crippen LogP contribution is -2.39. The van der Waals surface area contributed by atoms with Crippen molar-refractivity contribution in [2.75, 3.05) is 18.6 Å². The van der Waals surface area contributed by atoms with E-state index in [0.717, 1.165) is 25.1 Å². The van der Waals surface area contributed by atoms with Crippen LogP contribution in [-0.2, 0) is 4.79 Å². The van der Waals surface area contributed by atoms with Crippen LogP contribution in [0.5, 0.6) is 0 Å². The fourth-order valence-electron chi connectivity index (χ4n) is 2.47. The van der Waals surface area contributed by atoms with Crippen molar-refractivity contribution in [1.29, 1.82) is 0 Å². The van der Waals surface area contributed by atoms with E-state index in [4.69, 9.17) is 0 Å². The topological polar surface area (TPSA) is 32.3 Å². The molecule has 18 heavy (non-hydrogen) atoms. The minimum absolute atomic E-state index is 0.0167. The molecular formula is C14H28N2OS. The minimum Gasteiger partial charge on any atom is -0.326 e. The van der Waals surface area contributed by atoms with Crippen molar-refractivity contribution < 1.29 is 4.79 Å². The molecule has 1 aliphatic heterocycles. The summed E-state index contributed by atoms with van der Waals surface area (Å²) in [5.74, 6) is 2.42. The Hall–Kier alpha value is -0.220. The fraction of sp³-hybridized carbons (Fsp3) is 0.929. The molecule has 0 aromatic carbocycles. The Balaban J connectivity index is 2.64. The van der Waals surface area contributed by atoms with Gasteiger partial charge in [-0.1, -0.05) is 27.7 Å². The number of nitrogens with one attached hydrogen (secondary N) is 1. The molecule has 1 saturated heterocycles. The second-order valence-electron chi connectivity index (χ2n) is 5.91. The number of rotatable bonds is 7. The lowest BCUT2D eigenvalue weighted by Gasteiger charge is -2.25. The summed E-state index contributed by atoms with van der Waals surface area (Å²) < 4.78 is 0. The second-order valence-corrected chi connectivity index (χ2v) is 6.90. The SMILES string of the molecule is CSCCCN1C(=O)C(C(C)C)NC1CC(C)C. The third kappa shape index (κ3) is 4.16. The van der Waals surface area contributed by atoms with E-state index in [2.05, 4.69) is 44.2 Å². The maximum absolute atomic E-state index is 12.4. The van der Waals surface area contributed by atoms with Gasteiger partial charge in [-0.05, 0) is 36.7 Å². The molecular weight excluding hydrogens is 244 g/mol. The zero-order valence-corrected chi connectivity index (χ0v) is 13.2. The molecule has 1 amide bonds. The lowest BCUT2D eigenvalue weighted by atomic mass is 10.0. The molecule has 1 fully saturated rings. The first-order chi connectivity index (χ1) is 8.47. The molecule has 1 heterocycles. The molecule has 4 heteroatoms. The number of carbonyl (C=O) groups is 1. The van der Waals surface area contributed by atoms with Gasteiger partial charge in [-0.15, -0.1) is 0 Å². The van der Waals surface area contributed by atoms with Gasteiger partial charge in [0.15, 0.2) is 0 Å². The highest BCUT2D eigenvalue weighted by Crippen LogP contribution is 2.21. The van der Waals surface area contributed by atoms with Crippen molar-refractivity contribution in [3.05, 3.63) is 0 Å². The molecule has 0 aromatic rings. The van der Waals surface area contributed by atoms with Gasteiger partial charge >= 0.3 is 0 Å². The van der Waals surface area contributed by atoms with Crippen molar-refractivity contribution >= 4 is 17.7 Å². The van der Waals surface area contributed by atoms with E-state index in [1.807, 2.05) is 11.8 Å². The first kappa shape index (κ1) is 15.8. The molecule has 0 saturated carbocycles. The van der Waals surface area contributed by atoms with Crippen molar-refractivity contribution in [3.63, 3.8) is 0 Å². The van der Waals surface area contributed by atoms with E-state index in [1.165, 1.54) is 0 Å². The molecule has 0 spiro atoms. The second kappa shape index (κ2) is 7.39. The summed E-state index contributed by atoms with van der Waals surface area (Å²) in [6, 6.07) is 0.0167. The number of hydrogen-bond donors (Lipinski definition) is 1. The van der Waals surface area contributed by atoms with Crippen molar-refractivity contribution in [1.82, 2.24) is 10.2 Å². The Bertz CT molecular complexity index is 269. The summed E-state index contributed by atoms with van der Waals surface area (Å²) in [6.45, 7) is 9.57. The smallest absolute Gasteiger partial charge is 0.241 e. The summed E-state index contributed by atoms with van der Waals surface area (Å²) in [6.07, 6.45) is 4.50. The van der Waals surface area contributed by atoms with Crippen LogP contribution >= 0.6 is 11.8 Å². The van der Waals surface area contributed by atoms with Gasteiger partial charge in [-0.3, -0.25) is 10.1 Å². The molecule has 3 nitrogen and oxygen atoms in total. The van der Waals surface area contributed by atoms with Crippen molar-refractivity contribution in [2.45, 2.75) is 52.7 Å². The highest BCUT2D eigenvalue weighted by molar-refractivity contribution is 7.98. The first-order valence-electron chi connectivity index (χ1n) is 7.02. The maximum Gasteiger partial charge on any atom is 0.241 e. The average molecular weight is 272 g/mol. The number of amides is 1. The molecule has 1 N–H and O–H groups in total. The van der Waals surface area contributed by atoms with Crippen LogP contribution in [0.3, 0.4) is 0 Å². The fourth-order valence-corrected chi connectivity index (χ4v) is 2.88. The van der Waals surface area contributed by atoms with E-state index < -0.39 is 0 Å². The van der Waals surface area contributed by atoms with E-state index in [-0.39, 0.29) is 12.2 Å². The van der Waals surface area contributed by atoms with Crippen LogP contribution in [-0.4, -0.2) is 41.6 Å². The van der Waals surface area contributed by atoms with Gasteiger partial charge in [0.05, 0.1) is 12.2 Å². The average Bonchev–Trinajstić information content (AvgIpc) is 2.57. The molecule has 0 bridgehead atoms. The van der Waals surface area contributed by atoms with Crippen molar-refractivity contribution in [2.24, 2.45) is 11.8 Å². The zero-order valence-electron chi connectivity index (χ0n) is 12.4. The van der Waals surface area contributed by atoms with E-state index in [0.29, 0.717) is 17.7 Å². The largest absolute Gasteiger partial charge is 0.326 e. The molecule has 106 valence electrons. The van der Waals surface area contributed by atoms with Gasteiger partial charge in [-0.25, -0.2) is 0 Å². The molecule has 0 aromatic heterocycles. The predicted octanol–water partition coefficient (Wildman–Crippen LogP) is 2.57. The predicted molar refractivity (Wildman–Crippen MR) is 79.7 cm³/mol. The van der Waals surface area contributed by atoms with Gasteiger partial charge in [-0.2, -0.15) is 11.8 Å². The third-order valence-electron chi connectivity index (χ3n) is 3.41. The Morgan fingerprint density at radius 1 is 1.33 bits per heavy atom. The van der Waals surface area contributed by atoms with Crippen LogP contribution in [0.15, 0.2) is 0 Å². The van der Waals surface area contributed by atoms with E-state index >= 15 is 0 Å². The number of thioether (sulfide) groups is 1. The van der Waals surface area contributed by atoms with Crippen LogP contribution in [0.4, 0.5) is 0 Å². The summed E-state index contributed by atoms with van der Waals surface area (Å²) in [5, 5.41) is 3.52. The number of carbonyl (C=O) groups excluding carboxylic acids is 1. The lowest BCUT2D eigenvalue weighted by molar-refractivity contribution is -0.130. The van der Waals surface area contributed by atoms with Crippen LogP contribution < -0.4 is 5.32 Å². The standard InChI is InChI=1S/C14H28N2OS/c1-10(2)9-12-15-13(11(3)4)14(17)16(12)7-6-8-18-5/h10-13,15H,6-9H2,1-5H3.